The molecule has 0 atom stereocenters. The van der Waals surface area contributed by atoms with Crippen LogP contribution >= 0.6 is 10.0 Å². The van der Waals surface area contributed by atoms with Gasteiger partial charge in [0.2, 0.25) is 0 Å². The molecule has 1 aliphatic heterocycles. The SMILES string of the molecule is COC(=O)S1(C(=O)OC)C=Cc2c(N)c[nH+]cc21.[Cl-]. The first-order chi connectivity index (χ1) is 8.57. The van der Waals surface area contributed by atoms with Crippen molar-refractivity contribution in [3.8, 4) is 0 Å². The largest absolute Gasteiger partial charge is 1.00 e. The first-order valence-electron chi connectivity index (χ1n) is 5.05. The van der Waals surface area contributed by atoms with Crippen LogP contribution in [0.15, 0.2) is 22.7 Å². The molecule has 0 fully saturated rings. The van der Waals surface area contributed by atoms with Gasteiger partial charge in [-0.05, 0) is 11.5 Å². The highest BCUT2D eigenvalue weighted by atomic mass is 35.5. The number of anilines is 1. The Morgan fingerprint density at radius 3 is 2.32 bits per heavy atom. The van der Waals surface area contributed by atoms with Crippen LogP contribution in [0.2, 0.25) is 0 Å². The van der Waals surface area contributed by atoms with Crippen LogP contribution in [0.1, 0.15) is 5.56 Å². The highest BCUT2D eigenvalue weighted by molar-refractivity contribution is 8.57. The van der Waals surface area contributed by atoms with E-state index in [0.717, 1.165) is 0 Å². The maximum absolute atomic E-state index is 12.0. The molecule has 2 rings (SSSR count). The number of ether oxygens (including phenoxy) is 2. The third-order valence-corrected chi connectivity index (χ3v) is 5.64. The Morgan fingerprint density at radius 2 is 1.79 bits per heavy atom. The smallest absolute Gasteiger partial charge is 0.367 e. The zero-order chi connectivity index (χ0) is 13.3. The molecule has 104 valence electrons. The van der Waals surface area contributed by atoms with E-state index in [4.69, 9.17) is 15.2 Å². The minimum atomic E-state index is -2.61. The second kappa shape index (κ2) is 5.50. The maximum Gasteiger partial charge on any atom is 0.367 e. The second-order valence-electron chi connectivity index (χ2n) is 3.56. The summed E-state index contributed by atoms with van der Waals surface area (Å²) in [5.41, 5.74) is 6.92. The number of methoxy groups -OCH3 is 2. The van der Waals surface area contributed by atoms with Gasteiger partial charge in [-0.25, -0.2) is 14.6 Å². The van der Waals surface area contributed by atoms with Crippen LogP contribution < -0.4 is 23.1 Å². The van der Waals surface area contributed by atoms with E-state index in [1.165, 1.54) is 19.6 Å². The molecule has 0 bridgehead atoms. The normalized spacial score (nSPS) is 15.9. The average Bonchev–Trinajstić information content (AvgIpc) is 2.79. The van der Waals surface area contributed by atoms with E-state index in [-0.39, 0.29) is 12.4 Å². The standard InChI is InChI=1S/C11H12N2O4S.ClH/c1-16-10(14)18(11(15)17-2)4-3-7-8(12)5-13-6-9(7)18;/h3-6H,12H2,1-2H3;1H. The summed E-state index contributed by atoms with van der Waals surface area (Å²) in [6.07, 6.45) is 4.82. The lowest BCUT2D eigenvalue weighted by Gasteiger charge is -2.26. The predicted octanol–water partition coefficient (Wildman–Crippen LogP) is -1.23. The van der Waals surface area contributed by atoms with Gasteiger partial charge in [-0.1, -0.05) is 0 Å². The van der Waals surface area contributed by atoms with Crippen molar-refractivity contribution >= 4 is 32.4 Å². The van der Waals surface area contributed by atoms with Gasteiger partial charge in [0.15, 0.2) is 12.4 Å². The number of rotatable bonds is 0. The Bertz CT molecular complexity index is 546. The number of carbonyl (C=O) groups excluding carboxylic acids is 2. The number of pyridine rings is 1. The molecule has 0 saturated carbocycles. The van der Waals surface area contributed by atoms with Crippen LogP contribution in [0, 0.1) is 0 Å². The van der Waals surface area contributed by atoms with Crippen molar-refractivity contribution in [2.24, 2.45) is 0 Å². The number of nitrogens with two attached hydrogens (primary N) is 1. The van der Waals surface area contributed by atoms with Crippen molar-refractivity contribution in [3.63, 3.8) is 0 Å². The molecule has 0 aromatic carbocycles. The van der Waals surface area contributed by atoms with Gasteiger partial charge in [0.1, 0.15) is 5.69 Å². The van der Waals surface area contributed by atoms with E-state index < -0.39 is 20.6 Å². The molecule has 8 heteroatoms. The Morgan fingerprint density at radius 1 is 1.21 bits per heavy atom. The molecule has 1 aromatic heterocycles. The predicted molar refractivity (Wildman–Crippen MR) is 67.1 cm³/mol. The molecule has 6 nitrogen and oxygen atoms in total. The molecular weight excluding hydrogens is 292 g/mol. The minimum Gasteiger partial charge on any atom is -1.00 e. The molecule has 3 N–H and O–H groups in total. The Balaban J connectivity index is 0.00000180. The zero-order valence-corrected chi connectivity index (χ0v) is 11.9. The summed E-state index contributed by atoms with van der Waals surface area (Å²) in [5.74, 6) is 0. The fraction of sp³-hybridized carbons (Fsp3) is 0.182. The van der Waals surface area contributed by atoms with E-state index in [9.17, 15) is 9.59 Å². The maximum atomic E-state index is 12.0. The second-order valence-corrected chi connectivity index (χ2v) is 6.26. The lowest BCUT2D eigenvalue weighted by Crippen LogP contribution is -3.00. The molecule has 0 saturated heterocycles. The number of halogens is 1. The summed E-state index contributed by atoms with van der Waals surface area (Å²) in [6.45, 7) is 0. The third-order valence-electron chi connectivity index (χ3n) is 2.67. The Labute approximate surface area is 117 Å². The summed E-state index contributed by atoms with van der Waals surface area (Å²) in [5, 5.41) is 0.284. The van der Waals surface area contributed by atoms with Gasteiger partial charge in [-0.3, -0.25) is 0 Å². The van der Waals surface area contributed by atoms with Crippen LogP contribution in [0.4, 0.5) is 15.3 Å². The van der Waals surface area contributed by atoms with Crippen molar-refractivity contribution in [2.75, 3.05) is 20.0 Å². The van der Waals surface area contributed by atoms with Crippen LogP contribution in [0.3, 0.4) is 0 Å². The molecular formula is C11H13ClN2O4S. The van der Waals surface area contributed by atoms with Crippen LogP contribution in [0.25, 0.3) is 6.08 Å². The van der Waals surface area contributed by atoms with Gasteiger partial charge in [-0.15, -0.1) is 0 Å². The number of nitrogen functional groups attached to an aromatic ring is 1. The summed E-state index contributed by atoms with van der Waals surface area (Å²) in [7, 11) is -0.139. The van der Waals surface area contributed by atoms with Crippen molar-refractivity contribution in [2.45, 2.75) is 4.90 Å². The molecule has 19 heavy (non-hydrogen) atoms. The number of H-pyrrole nitrogens is 1. The topological polar surface area (TPSA) is 92.8 Å². The number of fused-ring (bicyclic) bond motifs is 1. The molecule has 0 unspecified atom stereocenters. The van der Waals surface area contributed by atoms with Crippen molar-refractivity contribution in [1.82, 2.24) is 0 Å². The zero-order valence-electron chi connectivity index (χ0n) is 10.3. The summed E-state index contributed by atoms with van der Waals surface area (Å²) in [6, 6.07) is 0. The molecule has 0 amide bonds. The summed E-state index contributed by atoms with van der Waals surface area (Å²) in [4.78, 5) is 27.4. The van der Waals surface area contributed by atoms with E-state index in [2.05, 4.69) is 4.98 Å². The number of aromatic amines is 1. The lowest BCUT2D eigenvalue weighted by molar-refractivity contribution is -0.380. The van der Waals surface area contributed by atoms with E-state index >= 15 is 0 Å². The fourth-order valence-electron chi connectivity index (χ4n) is 1.81. The van der Waals surface area contributed by atoms with Crippen LogP contribution in [-0.2, 0) is 9.47 Å². The molecule has 1 aliphatic rings. The monoisotopic (exact) mass is 304 g/mol. The van der Waals surface area contributed by atoms with Gasteiger partial charge in [0.25, 0.3) is 0 Å². The van der Waals surface area contributed by atoms with Gasteiger partial charge < -0.3 is 27.6 Å². The van der Waals surface area contributed by atoms with Crippen molar-refractivity contribution < 1.29 is 36.5 Å². The molecule has 0 spiro atoms. The highest BCUT2D eigenvalue weighted by Gasteiger charge is 2.48. The third kappa shape index (κ3) is 2.04. The first-order valence-corrected chi connectivity index (χ1v) is 6.74. The van der Waals surface area contributed by atoms with Crippen molar-refractivity contribution in [1.29, 1.82) is 0 Å². The number of hydrogen-bond donors (Lipinski definition) is 1. The van der Waals surface area contributed by atoms with E-state index in [1.807, 2.05) is 0 Å². The molecule has 1 aromatic rings. The molecule has 0 aliphatic carbocycles. The lowest BCUT2D eigenvalue weighted by atomic mass is 10.2. The number of nitrogens with one attached hydrogen (secondary N) is 1. The highest BCUT2D eigenvalue weighted by Crippen LogP contribution is 2.65. The molecule has 2 heterocycles. The first kappa shape index (κ1) is 15.3. The minimum absolute atomic E-state index is 0. The van der Waals surface area contributed by atoms with E-state index in [0.29, 0.717) is 16.1 Å². The van der Waals surface area contributed by atoms with Gasteiger partial charge in [0.05, 0.1) is 19.1 Å². The van der Waals surface area contributed by atoms with Crippen LogP contribution in [-0.4, -0.2) is 24.8 Å². The van der Waals surface area contributed by atoms with Gasteiger partial charge in [-0.2, -0.15) is 0 Å². The van der Waals surface area contributed by atoms with Crippen LogP contribution in [0.5, 0.6) is 0 Å². The quantitative estimate of drug-likeness (QED) is 0.606. The van der Waals surface area contributed by atoms with E-state index in [1.54, 1.807) is 18.5 Å². The Kier molecular flexibility index (Phi) is 4.43. The van der Waals surface area contributed by atoms with Gasteiger partial charge in [0, 0.05) is 15.6 Å². The summed E-state index contributed by atoms with van der Waals surface area (Å²) < 4.78 is 9.50. The Hall–Kier alpha value is -1.73. The van der Waals surface area contributed by atoms with Crippen molar-refractivity contribution in [3.05, 3.63) is 23.4 Å². The molecule has 0 radical (unpaired) electrons. The summed E-state index contributed by atoms with van der Waals surface area (Å²) >= 11 is 0. The number of aromatic nitrogens is 1. The number of carbonyl (C=O) groups is 2. The van der Waals surface area contributed by atoms with Gasteiger partial charge >= 0.3 is 10.6 Å². The average molecular weight is 305 g/mol. The fourth-order valence-corrected chi connectivity index (χ4v) is 4.33. The number of hydrogen-bond acceptors (Lipinski definition) is 5.